The third-order valence-corrected chi connectivity index (χ3v) is 2.92. The molecule has 94 valence electrons. The van der Waals surface area contributed by atoms with Crippen LogP contribution in [-0.2, 0) is 6.54 Å². The summed E-state index contributed by atoms with van der Waals surface area (Å²) in [6.07, 6.45) is 4.82. The Kier molecular flexibility index (Phi) is 3.94. The quantitative estimate of drug-likeness (QED) is 0.915. The minimum atomic E-state index is -0.324. The molecule has 5 nitrogen and oxygen atoms in total. The first kappa shape index (κ1) is 12.6. The fourth-order valence-electron chi connectivity index (χ4n) is 1.64. The molecule has 0 amide bonds. The van der Waals surface area contributed by atoms with Crippen molar-refractivity contribution in [3.63, 3.8) is 0 Å². The van der Waals surface area contributed by atoms with Crippen molar-refractivity contribution in [2.75, 3.05) is 11.4 Å². The summed E-state index contributed by atoms with van der Waals surface area (Å²) in [6, 6.07) is 3.84. The van der Waals surface area contributed by atoms with Gasteiger partial charge in [-0.05, 0) is 24.6 Å². The van der Waals surface area contributed by atoms with Crippen molar-refractivity contribution in [3.05, 3.63) is 51.8 Å². The van der Waals surface area contributed by atoms with E-state index in [1.807, 2.05) is 24.0 Å². The van der Waals surface area contributed by atoms with E-state index in [9.17, 15) is 4.79 Å². The molecule has 0 saturated carbocycles. The molecule has 0 spiro atoms. The van der Waals surface area contributed by atoms with Gasteiger partial charge in [0.15, 0.2) is 5.82 Å². The topological polar surface area (TPSA) is 61.9 Å². The lowest BCUT2D eigenvalue weighted by Crippen LogP contribution is -2.25. The normalized spacial score (nSPS) is 10.3. The number of rotatable bonds is 4. The average molecular weight is 265 g/mol. The molecule has 18 heavy (non-hydrogen) atoms. The number of aromatic nitrogens is 3. The van der Waals surface area contributed by atoms with Gasteiger partial charge in [0, 0.05) is 25.5 Å². The molecule has 2 aromatic rings. The van der Waals surface area contributed by atoms with Crippen LogP contribution in [0.2, 0.25) is 5.02 Å². The molecule has 0 aromatic carbocycles. The first-order chi connectivity index (χ1) is 8.72. The monoisotopic (exact) mass is 264 g/mol. The second-order valence-corrected chi connectivity index (χ2v) is 4.12. The van der Waals surface area contributed by atoms with Crippen LogP contribution in [0.3, 0.4) is 0 Å². The van der Waals surface area contributed by atoms with E-state index in [0.29, 0.717) is 18.9 Å². The lowest BCUT2D eigenvalue weighted by molar-refractivity contribution is 0.807. The summed E-state index contributed by atoms with van der Waals surface area (Å²) < 4.78 is 0. The van der Waals surface area contributed by atoms with Crippen molar-refractivity contribution >= 4 is 17.4 Å². The standard InChI is InChI=1S/C12H13ClN4O/c1-2-17(7-9-3-5-14-6-4-9)11-10(13)12(18)16-8-15-11/h3-6,8H,2,7H2,1H3,(H,15,16,18). The molecule has 0 fully saturated rings. The van der Waals surface area contributed by atoms with Gasteiger partial charge in [0.05, 0.1) is 6.33 Å². The Morgan fingerprint density at radius 1 is 1.39 bits per heavy atom. The van der Waals surface area contributed by atoms with Crippen LogP contribution in [0.1, 0.15) is 12.5 Å². The van der Waals surface area contributed by atoms with Crippen molar-refractivity contribution < 1.29 is 0 Å². The molecule has 0 aliphatic rings. The number of hydrogen-bond donors (Lipinski definition) is 1. The first-order valence-corrected chi connectivity index (χ1v) is 5.97. The van der Waals surface area contributed by atoms with Crippen LogP contribution >= 0.6 is 11.6 Å². The van der Waals surface area contributed by atoms with Crippen molar-refractivity contribution in [1.82, 2.24) is 15.0 Å². The number of nitrogens with one attached hydrogen (secondary N) is 1. The van der Waals surface area contributed by atoms with Gasteiger partial charge in [-0.25, -0.2) is 4.98 Å². The summed E-state index contributed by atoms with van der Waals surface area (Å²) in [5.74, 6) is 0.500. The van der Waals surface area contributed by atoms with Crippen LogP contribution in [0.4, 0.5) is 5.82 Å². The molecule has 0 unspecified atom stereocenters. The Balaban J connectivity index is 2.29. The number of anilines is 1. The van der Waals surface area contributed by atoms with Gasteiger partial charge in [-0.15, -0.1) is 0 Å². The van der Waals surface area contributed by atoms with Crippen molar-refractivity contribution in [3.8, 4) is 0 Å². The fraction of sp³-hybridized carbons (Fsp3) is 0.250. The van der Waals surface area contributed by atoms with Crippen molar-refractivity contribution in [2.45, 2.75) is 13.5 Å². The third kappa shape index (κ3) is 2.68. The SMILES string of the molecule is CCN(Cc1ccncc1)c1nc[nH]c(=O)c1Cl. The maximum Gasteiger partial charge on any atom is 0.271 e. The lowest BCUT2D eigenvalue weighted by Gasteiger charge is -2.22. The highest BCUT2D eigenvalue weighted by Crippen LogP contribution is 2.19. The fourth-order valence-corrected chi connectivity index (χ4v) is 1.86. The second-order valence-electron chi connectivity index (χ2n) is 3.74. The Labute approximate surface area is 109 Å². The number of hydrogen-bond acceptors (Lipinski definition) is 4. The zero-order valence-corrected chi connectivity index (χ0v) is 10.7. The molecular weight excluding hydrogens is 252 g/mol. The number of pyridine rings is 1. The lowest BCUT2D eigenvalue weighted by atomic mass is 10.2. The van der Waals surface area contributed by atoms with E-state index in [4.69, 9.17) is 11.6 Å². The molecule has 0 radical (unpaired) electrons. The van der Waals surface area contributed by atoms with Crippen LogP contribution in [-0.4, -0.2) is 21.5 Å². The summed E-state index contributed by atoms with van der Waals surface area (Å²) in [5, 5.41) is 0.119. The Morgan fingerprint density at radius 2 is 2.11 bits per heavy atom. The first-order valence-electron chi connectivity index (χ1n) is 5.59. The van der Waals surface area contributed by atoms with E-state index < -0.39 is 0 Å². The zero-order valence-electron chi connectivity index (χ0n) is 9.93. The van der Waals surface area contributed by atoms with Gasteiger partial charge >= 0.3 is 0 Å². The van der Waals surface area contributed by atoms with Gasteiger partial charge in [-0.3, -0.25) is 9.78 Å². The molecule has 0 aliphatic heterocycles. The minimum Gasteiger partial charge on any atom is -0.351 e. The molecule has 0 saturated heterocycles. The largest absolute Gasteiger partial charge is 0.351 e. The Bertz CT molecular complexity index is 570. The van der Waals surface area contributed by atoms with Gasteiger partial charge in [0.2, 0.25) is 0 Å². The summed E-state index contributed by atoms with van der Waals surface area (Å²) in [6.45, 7) is 3.33. The Morgan fingerprint density at radius 3 is 2.78 bits per heavy atom. The third-order valence-electron chi connectivity index (χ3n) is 2.58. The van der Waals surface area contributed by atoms with Crippen molar-refractivity contribution in [1.29, 1.82) is 0 Å². The van der Waals surface area contributed by atoms with Gasteiger partial charge in [0.1, 0.15) is 5.02 Å². The van der Waals surface area contributed by atoms with E-state index in [0.717, 1.165) is 5.56 Å². The molecule has 2 rings (SSSR count). The van der Waals surface area contributed by atoms with E-state index in [2.05, 4.69) is 15.0 Å². The van der Waals surface area contributed by atoms with E-state index in [1.54, 1.807) is 12.4 Å². The highest BCUT2D eigenvalue weighted by Gasteiger charge is 2.13. The molecule has 0 bridgehead atoms. The molecule has 2 heterocycles. The second kappa shape index (κ2) is 5.64. The number of aromatic amines is 1. The summed E-state index contributed by atoms with van der Waals surface area (Å²) in [7, 11) is 0. The van der Waals surface area contributed by atoms with Crippen LogP contribution in [0.15, 0.2) is 35.6 Å². The number of H-pyrrole nitrogens is 1. The molecule has 2 aromatic heterocycles. The molecule has 1 N–H and O–H groups in total. The highest BCUT2D eigenvalue weighted by molar-refractivity contribution is 6.32. The minimum absolute atomic E-state index is 0.119. The van der Waals surface area contributed by atoms with E-state index in [-0.39, 0.29) is 10.6 Å². The summed E-state index contributed by atoms with van der Waals surface area (Å²) in [5.41, 5.74) is 0.764. The molecular formula is C12H13ClN4O. The molecule has 6 heteroatoms. The summed E-state index contributed by atoms with van der Waals surface area (Å²) >= 11 is 5.97. The molecule has 0 atom stereocenters. The summed E-state index contributed by atoms with van der Waals surface area (Å²) in [4.78, 5) is 23.9. The van der Waals surface area contributed by atoms with Crippen LogP contribution in [0.25, 0.3) is 0 Å². The maximum absolute atomic E-state index is 11.4. The van der Waals surface area contributed by atoms with Crippen molar-refractivity contribution in [2.24, 2.45) is 0 Å². The maximum atomic E-state index is 11.4. The smallest absolute Gasteiger partial charge is 0.271 e. The predicted octanol–water partition coefficient (Wildman–Crippen LogP) is 1.84. The van der Waals surface area contributed by atoms with Gasteiger partial charge < -0.3 is 9.88 Å². The highest BCUT2D eigenvalue weighted by atomic mass is 35.5. The molecule has 0 aliphatic carbocycles. The number of halogens is 1. The van der Waals surface area contributed by atoms with Crippen LogP contribution in [0, 0.1) is 0 Å². The predicted molar refractivity (Wildman–Crippen MR) is 70.8 cm³/mol. The van der Waals surface area contributed by atoms with E-state index >= 15 is 0 Å². The zero-order chi connectivity index (χ0) is 13.0. The van der Waals surface area contributed by atoms with Gasteiger partial charge in [0.25, 0.3) is 5.56 Å². The van der Waals surface area contributed by atoms with Gasteiger partial charge in [-0.2, -0.15) is 0 Å². The van der Waals surface area contributed by atoms with E-state index in [1.165, 1.54) is 6.33 Å². The Hall–Kier alpha value is -1.88. The van der Waals surface area contributed by atoms with Crippen LogP contribution in [0.5, 0.6) is 0 Å². The number of nitrogens with zero attached hydrogens (tertiary/aromatic N) is 3. The average Bonchev–Trinajstić information content (AvgIpc) is 2.41. The van der Waals surface area contributed by atoms with Gasteiger partial charge in [-0.1, -0.05) is 11.6 Å². The van der Waals surface area contributed by atoms with Crippen LogP contribution < -0.4 is 10.5 Å².